The second-order valence-corrected chi connectivity index (χ2v) is 5.88. The minimum Gasteiger partial charge on any atom is -0.492 e. The first-order valence-electron chi connectivity index (χ1n) is 7.54. The highest BCUT2D eigenvalue weighted by molar-refractivity contribution is 9.10. The second-order valence-electron chi connectivity index (χ2n) is 5.02. The number of hydrogen-bond acceptors (Lipinski definition) is 3. The normalized spacial score (nSPS) is 11.4. The monoisotopic (exact) mass is 392 g/mol. The van der Waals surface area contributed by atoms with E-state index < -0.39 is 0 Å². The highest BCUT2D eigenvalue weighted by atomic mass is 79.9. The first-order chi connectivity index (χ1) is 10.2. The van der Waals surface area contributed by atoms with Gasteiger partial charge in [0.1, 0.15) is 5.75 Å². The van der Waals surface area contributed by atoms with Gasteiger partial charge in [-0.15, -0.1) is 12.4 Å². The van der Waals surface area contributed by atoms with Crippen molar-refractivity contribution in [2.45, 2.75) is 45.1 Å². The number of nitrogens with two attached hydrogens (primary N) is 1. The van der Waals surface area contributed by atoms with Crippen LogP contribution >= 0.6 is 28.3 Å². The van der Waals surface area contributed by atoms with Crippen molar-refractivity contribution in [3.05, 3.63) is 28.7 Å². The lowest BCUT2D eigenvalue weighted by Gasteiger charge is -2.16. The van der Waals surface area contributed by atoms with Crippen molar-refractivity contribution in [3.63, 3.8) is 0 Å². The third-order valence-corrected chi connectivity index (χ3v) is 3.85. The molecule has 0 fully saturated rings. The van der Waals surface area contributed by atoms with E-state index in [1.54, 1.807) is 0 Å². The molecule has 1 amide bonds. The molecule has 0 aliphatic rings. The van der Waals surface area contributed by atoms with Gasteiger partial charge in [-0.1, -0.05) is 31.9 Å². The molecular weight excluding hydrogens is 368 g/mol. The van der Waals surface area contributed by atoms with Crippen LogP contribution in [0.4, 0.5) is 0 Å². The number of halogens is 2. The number of ether oxygens (including phenoxy) is 1. The Bertz CT molecular complexity index is 432. The highest BCUT2D eigenvalue weighted by Crippen LogP contribution is 2.23. The molecule has 1 unspecified atom stereocenters. The van der Waals surface area contributed by atoms with Gasteiger partial charge < -0.3 is 15.8 Å². The Morgan fingerprint density at radius 2 is 2.09 bits per heavy atom. The predicted molar refractivity (Wildman–Crippen MR) is 96.6 cm³/mol. The van der Waals surface area contributed by atoms with E-state index >= 15 is 0 Å². The molecule has 0 saturated carbocycles. The van der Waals surface area contributed by atoms with E-state index in [1.807, 2.05) is 24.3 Å². The van der Waals surface area contributed by atoms with Crippen LogP contribution in [0.2, 0.25) is 0 Å². The number of unbranched alkanes of at least 4 members (excludes halogenated alkanes) is 1. The zero-order chi connectivity index (χ0) is 15.5. The molecule has 22 heavy (non-hydrogen) atoms. The quantitative estimate of drug-likeness (QED) is 0.596. The van der Waals surface area contributed by atoms with Crippen molar-refractivity contribution in [1.82, 2.24) is 5.32 Å². The van der Waals surface area contributed by atoms with E-state index in [2.05, 4.69) is 28.2 Å². The Balaban J connectivity index is 0.00000441. The zero-order valence-corrected chi connectivity index (χ0v) is 15.4. The molecule has 0 bridgehead atoms. The number of amides is 1. The van der Waals surface area contributed by atoms with E-state index in [0.717, 1.165) is 29.5 Å². The van der Waals surface area contributed by atoms with Gasteiger partial charge in [-0.2, -0.15) is 0 Å². The Labute approximate surface area is 147 Å². The molecule has 0 aliphatic carbocycles. The molecule has 0 spiro atoms. The third-order valence-electron chi connectivity index (χ3n) is 3.20. The van der Waals surface area contributed by atoms with Crippen molar-refractivity contribution in [2.75, 3.05) is 13.2 Å². The van der Waals surface area contributed by atoms with Gasteiger partial charge in [0.05, 0.1) is 11.1 Å². The lowest BCUT2D eigenvalue weighted by molar-refractivity contribution is -0.122. The number of carbonyl (C=O) groups is 1. The number of benzene rings is 1. The lowest BCUT2D eigenvalue weighted by atomic mass is 10.1. The standard InChI is InChI=1S/C16H25BrN2O2.ClH/c1-2-3-7-13(12-18)19-16(20)10-6-11-21-15-9-5-4-8-14(15)17;/h4-5,8-9,13H,2-3,6-7,10-12,18H2,1H3,(H,19,20);1H. The largest absolute Gasteiger partial charge is 0.492 e. The van der Waals surface area contributed by atoms with Crippen molar-refractivity contribution < 1.29 is 9.53 Å². The van der Waals surface area contributed by atoms with Gasteiger partial charge in [-0.3, -0.25) is 4.79 Å². The number of rotatable bonds is 10. The molecule has 3 N–H and O–H groups in total. The average molecular weight is 394 g/mol. The Morgan fingerprint density at radius 3 is 2.73 bits per heavy atom. The summed E-state index contributed by atoms with van der Waals surface area (Å²) in [6.07, 6.45) is 4.32. The molecule has 0 heterocycles. The van der Waals surface area contributed by atoms with Crippen LogP contribution < -0.4 is 15.8 Å². The molecule has 0 aliphatic heterocycles. The Kier molecular flexibility index (Phi) is 12.3. The second kappa shape index (κ2) is 12.7. The zero-order valence-electron chi connectivity index (χ0n) is 13.0. The van der Waals surface area contributed by atoms with E-state index in [9.17, 15) is 4.79 Å². The van der Waals surface area contributed by atoms with Crippen LogP contribution in [-0.2, 0) is 4.79 Å². The summed E-state index contributed by atoms with van der Waals surface area (Å²) in [5.74, 6) is 0.859. The predicted octanol–water partition coefficient (Wildman–Crippen LogP) is 3.66. The van der Waals surface area contributed by atoms with Crippen LogP contribution in [0.5, 0.6) is 5.75 Å². The SMILES string of the molecule is CCCCC(CN)NC(=O)CCCOc1ccccc1Br.Cl. The summed E-state index contributed by atoms with van der Waals surface area (Å²) in [6, 6.07) is 7.79. The van der Waals surface area contributed by atoms with Crippen LogP contribution in [0.1, 0.15) is 39.0 Å². The fourth-order valence-corrected chi connectivity index (χ4v) is 2.38. The van der Waals surface area contributed by atoms with E-state index in [1.165, 1.54) is 0 Å². The van der Waals surface area contributed by atoms with Crippen molar-refractivity contribution in [3.8, 4) is 5.75 Å². The summed E-state index contributed by atoms with van der Waals surface area (Å²) in [4.78, 5) is 11.8. The maximum atomic E-state index is 11.8. The molecule has 1 aromatic carbocycles. The molecule has 1 aromatic rings. The molecule has 0 saturated heterocycles. The summed E-state index contributed by atoms with van der Waals surface area (Å²) >= 11 is 3.43. The van der Waals surface area contributed by atoms with Crippen LogP contribution in [0.3, 0.4) is 0 Å². The van der Waals surface area contributed by atoms with E-state index in [0.29, 0.717) is 26.0 Å². The smallest absolute Gasteiger partial charge is 0.220 e. The van der Waals surface area contributed by atoms with E-state index in [4.69, 9.17) is 10.5 Å². The van der Waals surface area contributed by atoms with Gasteiger partial charge in [-0.05, 0) is 40.9 Å². The lowest BCUT2D eigenvalue weighted by Crippen LogP contribution is -2.40. The van der Waals surface area contributed by atoms with Gasteiger partial charge in [0, 0.05) is 19.0 Å². The third kappa shape index (κ3) is 8.61. The number of nitrogens with one attached hydrogen (secondary N) is 1. The summed E-state index contributed by atoms with van der Waals surface area (Å²) in [7, 11) is 0. The molecule has 0 aromatic heterocycles. The summed E-state index contributed by atoms with van der Waals surface area (Å²) in [5.41, 5.74) is 5.66. The van der Waals surface area contributed by atoms with Gasteiger partial charge in [0.15, 0.2) is 0 Å². The first kappa shape index (κ1) is 21.2. The molecule has 1 atom stereocenters. The highest BCUT2D eigenvalue weighted by Gasteiger charge is 2.10. The summed E-state index contributed by atoms with van der Waals surface area (Å²) < 4.78 is 6.56. The maximum absolute atomic E-state index is 11.8. The molecule has 0 radical (unpaired) electrons. The van der Waals surface area contributed by atoms with Crippen LogP contribution in [-0.4, -0.2) is 25.1 Å². The average Bonchev–Trinajstić information content (AvgIpc) is 2.49. The first-order valence-corrected chi connectivity index (χ1v) is 8.33. The molecule has 1 rings (SSSR count). The van der Waals surface area contributed by atoms with Crippen LogP contribution in [0.15, 0.2) is 28.7 Å². The number of hydrogen-bond donors (Lipinski definition) is 2. The molecular formula is C16H26BrClN2O2. The minimum atomic E-state index is 0. The van der Waals surface area contributed by atoms with Crippen LogP contribution in [0, 0.1) is 0 Å². The maximum Gasteiger partial charge on any atom is 0.220 e. The van der Waals surface area contributed by atoms with Gasteiger partial charge in [-0.25, -0.2) is 0 Å². The van der Waals surface area contributed by atoms with Gasteiger partial charge >= 0.3 is 0 Å². The van der Waals surface area contributed by atoms with Crippen LogP contribution in [0.25, 0.3) is 0 Å². The topological polar surface area (TPSA) is 64.3 Å². The summed E-state index contributed by atoms with van der Waals surface area (Å²) in [5, 5.41) is 2.98. The number of carbonyl (C=O) groups excluding carboxylic acids is 1. The fourth-order valence-electron chi connectivity index (χ4n) is 1.98. The number of para-hydroxylation sites is 1. The minimum absolute atomic E-state index is 0. The van der Waals surface area contributed by atoms with Crippen molar-refractivity contribution >= 4 is 34.2 Å². The Hall–Kier alpha value is -0.780. The molecule has 4 nitrogen and oxygen atoms in total. The van der Waals surface area contributed by atoms with Crippen molar-refractivity contribution in [2.24, 2.45) is 5.73 Å². The molecule has 126 valence electrons. The van der Waals surface area contributed by atoms with Gasteiger partial charge in [0.2, 0.25) is 5.91 Å². The fraction of sp³-hybridized carbons (Fsp3) is 0.562. The van der Waals surface area contributed by atoms with Crippen molar-refractivity contribution in [1.29, 1.82) is 0 Å². The summed E-state index contributed by atoms with van der Waals surface area (Å²) in [6.45, 7) is 3.16. The Morgan fingerprint density at radius 1 is 1.36 bits per heavy atom. The molecule has 6 heteroatoms. The van der Waals surface area contributed by atoms with Gasteiger partial charge in [0.25, 0.3) is 0 Å². The van der Waals surface area contributed by atoms with E-state index in [-0.39, 0.29) is 24.4 Å².